The number of nitrogens with zero attached hydrogens (tertiary/aromatic N) is 1. The number of hydrogen-bond acceptors (Lipinski definition) is 4. The number of ether oxygens (including phenoxy) is 3. The molecule has 82 valence electrons. The van der Waals surface area contributed by atoms with Crippen molar-refractivity contribution in [3.63, 3.8) is 0 Å². The molecule has 1 amide bonds. The third kappa shape index (κ3) is 2.16. The van der Waals surface area contributed by atoms with Crippen molar-refractivity contribution in [2.24, 2.45) is 0 Å². The van der Waals surface area contributed by atoms with E-state index in [2.05, 4.69) is 0 Å². The molecule has 0 aromatic carbocycles. The lowest BCUT2D eigenvalue weighted by molar-refractivity contribution is -0.00335. The van der Waals surface area contributed by atoms with Crippen LogP contribution in [0.15, 0.2) is 0 Å². The molecule has 0 aromatic rings. The molecule has 0 atom stereocenters. The van der Waals surface area contributed by atoms with Crippen molar-refractivity contribution in [2.45, 2.75) is 12.5 Å². The molecule has 1 heterocycles. The van der Waals surface area contributed by atoms with Gasteiger partial charge in [0.05, 0.1) is 25.3 Å². The highest BCUT2D eigenvalue weighted by atomic mass is 16.6. The molecular formula is C9H17NO4. The first-order valence-electron chi connectivity index (χ1n) is 4.56. The first-order chi connectivity index (χ1) is 6.64. The summed E-state index contributed by atoms with van der Waals surface area (Å²) in [5.41, 5.74) is -0.433. The molecule has 0 bridgehead atoms. The number of carbonyl (C=O) groups is 1. The van der Waals surface area contributed by atoms with E-state index in [0.29, 0.717) is 26.4 Å². The van der Waals surface area contributed by atoms with E-state index in [0.717, 1.165) is 0 Å². The van der Waals surface area contributed by atoms with Crippen LogP contribution < -0.4 is 0 Å². The number of cyclic esters (lactones) is 1. The Morgan fingerprint density at radius 1 is 1.43 bits per heavy atom. The van der Waals surface area contributed by atoms with Gasteiger partial charge in [-0.2, -0.15) is 0 Å². The van der Waals surface area contributed by atoms with Crippen molar-refractivity contribution >= 4 is 6.09 Å². The van der Waals surface area contributed by atoms with Crippen molar-refractivity contribution in [2.75, 3.05) is 40.6 Å². The van der Waals surface area contributed by atoms with Crippen molar-refractivity contribution in [1.82, 2.24) is 4.90 Å². The summed E-state index contributed by atoms with van der Waals surface area (Å²) >= 11 is 0. The summed E-state index contributed by atoms with van der Waals surface area (Å²) in [6.07, 6.45) is -0.290. The largest absolute Gasteiger partial charge is 0.448 e. The summed E-state index contributed by atoms with van der Waals surface area (Å²) in [5, 5.41) is 0. The molecule has 5 nitrogen and oxygen atoms in total. The molecule has 5 heteroatoms. The third-order valence-electron chi connectivity index (χ3n) is 2.32. The third-order valence-corrected chi connectivity index (χ3v) is 2.32. The highest BCUT2D eigenvalue weighted by Crippen LogP contribution is 2.20. The summed E-state index contributed by atoms with van der Waals surface area (Å²) in [6, 6.07) is 0. The summed E-state index contributed by atoms with van der Waals surface area (Å²) < 4.78 is 15.1. The minimum atomic E-state index is -0.433. The standard InChI is InChI=1S/C9H17NO4/c1-9(6-12-2,7-13-3)10-4-5-14-8(10)11/h4-7H2,1-3H3. The van der Waals surface area contributed by atoms with Gasteiger partial charge < -0.3 is 14.2 Å². The molecule has 1 saturated heterocycles. The molecular weight excluding hydrogens is 186 g/mol. The first kappa shape index (κ1) is 11.3. The van der Waals surface area contributed by atoms with Crippen molar-refractivity contribution in [3.8, 4) is 0 Å². The maximum absolute atomic E-state index is 11.4. The second-order valence-corrected chi connectivity index (χ2v) is 3.63. The van der Waals surface area contributed by atoms with Crippen LogP contribution in [-0.2, 0) is 14.2 Å². The zero-order valence-electron chi connectivity index (χ0n) is 8.91. The number of carbonyl (C=O) groups excluding carboxylic acids is 1. The summed E-state index contributed by atoms with van der Waals surface area (Å²) in [4.78, 5) is 13.0. The van der Waals surface area contributed by atoms with Gasteiger partial charge in [-0.25, -0.2) is 4.79 Å². The normalized spacial score (nSPS) is 17.4. The highest BCUT2D eigenvalue weighted by Gasteiger charge is 2.39. The molecule has 0 N–H and O–H groups in total. The van der Waals surface area contributed by atoms with Gasteiger partial charge in [-0.3, -0.25) is 4.90 Å². The van der Waals surface area contributed by atoms with Crippen LogP contribution in [0.5, 0.6) is 0 Å². The summed E-state index contributed by atoms with van der Waals surface area (Å²) in [6.45, 7) is 3.85. The quantitative estimate of drug-likeness (QED) is 0.652. The van der Waals surface area contributed by atoms with Crippen LogP contribution in [0, 0.1) is 0 Å². The van der Waals surface area contributed by atoms with Gasteiger partial charge in [0.1, 0.15) is 6.61 Å². The smallest absolute Gasteiger partial charge is 0.410 e. The van der Waals surface area contributed by atoms with Crippen LogP contribution in [-0.4, -0.2) is 57.1 Å². The first-order valence-corrected chi connectivity index (χ1v) is 4.56. The minimum absolute atomic E-state index is 0.290. The molecule has 1 rings (SSSR count). The molecule has 0 aliphatic carbocycles. The van der Waals surface area contributed by atoms with Gasteiger partial charge in [0.2, 0.25) is 0 Å². The van der Waals surface area contributed by atoms with Crippen LogP contribution in [0.2, 0.25) is 0 Å². The van der Waals surface area contributed by atoms with E-state index in [4.69, 9.17) is 14.2 Å². The van der Waals surface area contributed by atoms with Gasteiger partial charge >= 0.3 is 6.09 Å². The van der Waals surface area contributed by atoms with Gasteiger partial charge in [0.25, 0.3) is 0 Å². The Balaban J connectivity index is 2.69. The fourth-order valence-electron chi connectivity index (χ4n) is 1.70. The molecule has 14 heavy (non-hydrogen) atoms. The van der Waals surface area contributed by atoms with Crippen LogP contribution in [0.3, 0.4) is 0 Å². The van der Waals surface area contributed by atoms with Gasteiger partial charge in [0.15, 0.2) is 0 Å². The van der Waals surface area contributed by atoms with Gasteiger partial charge in [0, 0.05) is 14.2 Å². The lowest BCUT2D eigenvalue weighted by Crippen LogP contribution is -2.53. The SMILES string of the molecule is COCC(C)(COC)N1CCOC1=O. The maximum Gasteiger partial charge on any atom is 0.410 e. The predicted octanol–water partition coefficient (Wildman–Crippen LogP) is 0.490. The predicted molar refractivity (Wildman–Crippen MR) is 50.2 cm³/mol. The number of methoxy groups -OCH3 is 2. The Bertz CT molecular complexity index is 201. The van der Waals surface area contributed by atoms with Crippen molar-refractivity contribution in [3.05, 3.63) is 0 Å². The van der Waals surface area contributed by atoms with Gasteiger partial charge in [-0.15, -0.1) is 0 Å². The van der Waals surface area contributed by atoms with E-state index < -0.39 is 5.54 Å². The zero-order chi connectivity index (χ0) is 10.6. The molecule has 0 saturated carbocycles. The summed E-state index contributed by atoms with van der Waals surface area (Å²) in [5.74, 6) is 0. The van der Waals surface area contributed by atoms with Crippen molar-refractivity contribution < 1.29 is 19.0 Å². The van der Waals surface area contributed by atoms with E-state index in [1.54, 1.807) is 19.1 Å². The monoisotopic (exact) mass is 203 g/mol. The fraction of sp³-hybridized carbons (Fsp3) is 0.889. The molecule has 1 aliphatic rings. The average Bonchev–Trinajstić information content (AvgIpc) is 2.52. The molecule has 0 unspecified atom stereocenters. The summed E-state index contributed by atoms with van der Waals surface area (Å²) in [7, 11) is 3.21. The van der Waals surface area contributed by atoms with Crippen LogP contribution in [0.1, 0.15) is 6.92 Å². The molecule has 0 aromatic heterocycles. The average molecular weight is 203 g/mol. The zero-order valence-corrected chi connectivity index (χ0v) is 8.91. The lowest BCUT2D eigenvalue weighted by Gasteiger charge is -2.35. The highest BCUT2D eigenvalue weighted by molar-refractivity contribution is 5.70. The van der Waals surface area contributed by atoms with E-state index in [1.807, 2.05) is 6.92 Å². The topological polar surface area (TPSA) is 48.0 Å². The minimum Gasteiger partial charge on any atom is -0.448 e. The second-order valence-electron chi connectivity index (χ2n) is 3.63. The lowest BCUT2D eigenvalue weighted by atomic mass is 10.0. The number of hydrogen-bond donors (Lipinski definition) is 0. The van der Waals surface area contributed by atoms with Crippen LogP contribution in [0.25, 0.3) is 0 Å². The Kier molecular flexibility index (Phi) is 3.71. The number of amides is 1. The van der Waals surface area contributed by atoms with Gasteiger partial charge in [-0.1, -0.05) is 0 Å². The van der Waals surface area contributed by atoms with Crippen LogP contribution >= 0.6 is 0 Å². The second kappa shape index (κ2) is 4.61. The fourth-order valence-corrected chi connectivity index (χ4v) is 1.70. The van der Waals surface area contributed by atoms with Crippen molar-refractivity contribution in [1.29, 1.82) is 0 Å². The maximum atomic E-state index is 11.4. The Hall–Kier alpha value is -0.810. The molecule has 1 aliphatic heterocycles. The Morgan fingerprint density at radius 2 is 2.00 bits per heavy atom. The molecule has 1 fully saturated rings. The Labute approximate surface area is 83.9 Å². The van der Waals surface area contributed by atoms with E-state index in [-0.39, 0.29) is 6.09 Å². The molecule has 0 spiro atoms. The van der Waals surface area contributed by atoms with E-state index in [9.17, 15) is 4.79 Å². The van der Waals surface area contributed by atoms with Gasteiger partial charge in [-0.05, 0) is 6.92 Å². The molecule has 0 radical (unpaired) electrons. The van der Waals surface area contributed by atoms with E-state index >= 15 is 0 Å². The van der Waals surface area contributed by atoms with Crippen LogP contribution in [0.4, 0.5) is 4.79 Å². The van der Waals surface area contributed by atoms with E-state index in [1.165, 1.54) is 0 Å². The Morgan fingerprint density at radius 3 is 2.36 bits per heavy atom. The number of rotatable bonds is 5.